The highest BCUT2D eigenvalue weighted by Crippen LogP contribution is 2.19. The van der Waals surface area contributed by atoms with Gasteiger partial charge in [-0.2, -0.15) is 9.40 Å². The monoisotopic (exact) mass is 277 g/mol. The summed E-state index contributed by atoms with van der Waals surface area (Å²) in [5.74, 6) is -1.33. The SMILES string of the molecule is COCCN(C)S(=O)(=O)c1n[nH]c(C)c1C(=O)O. The van der Waals surface area contributed by atoms with Crippen molar-refractivity contribution in [2.45, 2.75) is 11.9 Å². The number of H-pyrrole nitrogens is 1. The summed E-state index contributed by atoms with van der Waals surface area (Å²) < 4.78 is 30.0. The number of aromatic amines is 1. The van der Waals surface area contributed by atoms with E-state index in [1.165, 1.54) is 21.1 Å². The zero-order valence-electron chi connectivity index (χ0n) is 10.3. The molecule has 0 fully saturated rings. The number of aromatic carboxylic acids is 1. The van der Waals surface area contributed by atoms with Crippen molar-refractivity contribution in [3.63, 3.8) is 0 Å². The first-order chi connectivity index (χ1) is 8.32. The van der Waals surface area contributed by atoms with Gasteiger partial charge in [0.05, 0.1) is 6.61 Å². The van der Waals surface area contributed by atoms with E-state index in [0.717, 1.165) is 4.31 Å². The number of aryl methyl sites for hydroxylation is 1. The van der Waals surface area contributed by atoms with Gasteiger partial charge >= 0.3 is 5.97 Å². The predicted molar refractivity (Wildman–Crippen MR) is 62.0 cm³/mol. The average molecular weight is 277 g/mol. The highest BCUT2D eigenvalue weighted by Gasteiger charge is 2.31. The molecular weight excluding hydrogens is 262 g/mol. The van der Waals surface area contributed by atoms with Crippen molar-refractivity contribution in [2.75, 3.05) is 27.3 Å². The third-order valence-corrected chi connectivity index (χ3v) is 4.18. The van der Waals surface area contributed by atoms with Crippen LogP contribution < -0.4 is 0 Å². The molecule has 1 heterocycles. The zero-order chi connectivity index (χ0) is 13.9. The molecule has 0 atom stereocenters. The summed E-state index contributed by atoms with van der Waals surface area (Å²) in [7, 11) is -1.15. The zero-order valence-corrected chi connectivity index (χ0v) is 11.1. The molecule has 0 amide bonds. The van der Waals surface area contributed by atoms with Crippen LogP contribution in [0.4, 0.5) is 0 Å². The minimum atomic E-state index is -3.94. The van der Waals surface area contributed by atoms with E-state index in [1.54, 1.807) is 0 Å². The third-order valence-electron chi connectivity index (χ3n) is 2.39. The number of nitrogens with zero attached hydrogens (tertiary/aromatic N) is 2. The Hall–Kier alpha value is -1.45. The number of aromatic nitrogens is 2. The molecule has 2 N–H and O–H groups in total. The maximum atomic E-state index is 12.1. The topological polar surface area (TPSA) is 113 Å². The van der Waals surface area contributed by atoms with Crippen molar-refractivity contribution in [3.8, 4) is 0 Å². The lowest BCUT2D eigenvalue weighted by Crippen LogP contribution is -2.31. The van der Waals surface area contributed by atoms with Gasteiger partial charge in [0.2, 0.25) is 5.03 Å². The number of hydrogen-bond donors (Lipinski definition) is 2. The van der Waals surface area contributed by atoms with E-state index in [1.807, 2.05) is 0 Å². The Morgan fingerprint density at radius 1 is 1.56 bits per heavy atom. The molecule has 0 radical (unpaired) electrons. The minimum absolute atomic E-state index is 0.115. The van der Waals surface area contributed by atoms with Crippen molar-refractivity contribution < 1.29 is 23.1 Å². The Balaban J connectivity index is 3.17. The Morgan fingerprint density at radius 3 is 2.67 bits per heavy atom. The smallest absolute Gasteiger partial charge is 0.340 e. The van der Waals surface area contributed by atoms with Gasteiger partial charge in [-0.1, -0.05) is 0 Å². The summed E-state index contributed by atoms with van der Waals surface area (Å²) in [5, 5.41) is 14.4. The van der Waals surface area contributed by atoms with Gasteiger partial charge in [0.1, 0.15) is 5.56 Å². The van der Waals surface area contributed by atoms with Crippen LogP contribution >= 0.6 is 0 Å². The largest absolute Gasteiger partial charge is 0.478 e. The molecule has 0 saturated carbocycles. The number of carboxylic acids is 1. The van der Waals surface area contributed by atoms with Crippen molar-refractivity contribution in [3.05, 3.63) is 11.3 Å². The number of nitrogens with one attached hydrogen (secondary N) is 1. The van der Waals surface area contributed by atoms with Gasteiger partial charge in [0, 0.05) is 26.4 Å². The van der Waals surface area contributed by atoms with Crippen LogP contribution in [-0.2, 0) is 14.8 Å². The average Bonchev–Trinajstić information content (AvgIpc) is 2.68. The molecule has 102 valence electrons. The number of ether oxygens (including phenoxy) is 1. The summed E-state index contributed by atoms with van der Waals surface area (Å²) >= 11 is 0. The fourth-order valence-corrected chi connectivity index (χ4v) is 2.60. The van der Waals surface area contributed by atoms with E-state index >= 15 is 0 Å². The van der Waals surface area contributed by atoms with Crippen LogP contribution in [0.3, 0.4) is 0 Å². The molecular formula is C9H15N3O5S. The third kappa shape index (κ3) is 2.68. The van der Waals surface area contributed by atoms with Gasteiger partial charge in [0.15, 0.2) is 0 Å². The maximum Gasteiger partial charge on any atom is 0.340 e. The fraction of sp³-hybridized carbons (Fsp3) is 0.556. The molecule has 1 rings (SSSR count). The van der Waals surface area contributed by atoms with E-state index in [0.29, 0.717) is 0 Å². The van der Waals surface area contributed by atoms with Crippen molar-refractivity contribution in [2.24, 2.45) is 0 Å². The van der Waals surface area contributed by atoms with E-state index < -0.39 is 21.0 Å². The number of likely N-dealkylation sites (N-methyl/N-ethyl adjacent to an activating group) is 1. The van der Waals surface area contributed by atoms with Gasteiger partial charge in [0.25, 0.3) is 10.0 Å². The molecule has 0 spiro atoms. The fourth-order valence-electron chi connectivity index (χ4n) is 1.33. The standard InChI is InChI=1S/C9H15N3O5S/c1-6-7(9(13)14)8(11-10-6)18(15,16)12(2)4-5-17-3/h4-5H2,1-3H3,(H,10,11)(H,13,14). The van der Waals surface area contributed by atoms with Gasteiger partial charge in [-0.3, -0.25) is 5.10 Å². The number of hydrogen-bond acceptors (Lipinski definition) is 5. The quantitative estimate of drug-likeness (QED) is 0.737. The first-order valence-corrected chi connectivity index (χ1v) is 6.50. The molecule has 0 aliphatic rings. The minimum Gasteiger partial charge on any atom is -0.478 e. The first kappa shape index (κ1) is 14.6. The Labute approximate surface area is 105 Å². The van der Waals surface area contributed by atoms with Gasteiger partial charge in [-0.05, 0) is 6.92 Å². The second-order valence-electron chi connectivity index (χ2n) is 3.65. The molecule has 0 bridgehead atoms. The van der Waals surface area contributed by atoms with Gasteiger partial charge in [-0.25, -0.2) is 13.2 Å². The van der Waals surface area contributed by atoms with Gasteiger partial charge < -0.3 is 9.84 Å². The van der Waals surface area contributed by atoms with E-state index in [-0.39, 0.29) is 24.4 Å². The Bertz CT molecular complexity index is 536. The highest BCUT2D eigenvalue weighted by molar-refractivity contribution is 7.89. The lowest BCUT2D eigenvalue weighted by Gasteiger charge is -2.15. The molecule has 18 heavy (non-hydrogen) atoms. The van der Waals surface area contributed by atoms with Gasteiger partial charge in [-0.15, -0.1) is 0 Å². The molecule has 0 unspecified atom stereocenters. The molecule has 9 heteroatoms. The number of rotatable bonds is 6. The van der Waals surface area contributed by atoms with Crippen LogP contribution in [-0.4, -0.2) is 61.3 Å². The summed E-state index contributed by atoms with van der Waals surface area (Å²) in [6.45, 7) is 1.77. The molecule has 0 aromatic carbocycles. The van der Waals surface area contributed by atoms with Crippen LogP contribution in [0.5, 0.6) is 0 Å². The molecule has 0 aliphatic heterocycles. The summed E-state index contributed by atoms with van der Waals surface area (Å²) in [5.41, 5.74) is -0.138. The summed E-state index contributed by atoms with van der Waals surface area (Å²) in [6.07, 6.45) is 0. The first-order valence-electron chi connectivity index (χ1n) is 5.06. The van der Waals surface area contributed by atoms with Crippen molar-refractivity contribution in [1.82, 2.24) is 14.5 Å². The van der Waals surface area contributed by atoms with E-state index in [4.69, 9.17) is 9.84 Å². The highest BCUT2D eigenvalue weighted by atomic mass is 32.2. The second-order valence-corrected chi connectivity index (χ2v) is 5.61. The van der Waals surface area contributed by atoms with Crippen LogP contribution in [0.25, 0.3) is 0 Å². The van der Waals surface area contributed by atoms with Crippen LogP contribution in [0.15, 0.2) is 5.03 Å². The maximum absolute atomic E-state index is 12.1. The predicted octanol–water partition coefficient (Wildman–Crippen LogP) is -0.317. The van der Waals surface area contributed by atoms with Crippen LogP contribution in [0, 0.1) is 6.92 Å². The second kappa shape index (κ2) is 5.46. The molecule has 8 nitrogen and oxygen atoms in total. The van der Waals surface area contributed by atoms with E-state index in [2.05, 4.69) is 10.2 Å². The Kier molecular flexibility index (Phi) is 4.43. The molecule has 1 aromatic rings. The van der Waals surface area contributed by atoms with Crippen molar-refractivity contribution in [1.29, 1.82) is 0 Å². The van der Waals surface area contributed by atoms with Crippen molar-refractivity contribution >= 4 is 16.0 Å². The number of sulfonamides is 1. The molecule has 1 aromatic heterocycles. The van der Waals surface area contributed by atoms with Crippen LogP contribution in [0.1, 0.15) is 16.1 Å². The normalized spacial score (nSPS) is 12.0. The number of carbonyl (C=O) groups is 1. The van der Waals surface area contributed by atoms with Crippen LogP contribution in [0.2, 0.25) is 0 Å². The van der Waals surface area contributed by atoms with E-state index in [9.17, 15) is 13.2 Å². The summed E-state index contributed by atoms with van der Waals surface area (Å²) in [4.78, 5) is 11.0. The summed E-state index contributed by atoms with van der Waals surface area (Å²) in [6, 6.07) is 0. The lowest BCUT2D eigenvalue weighted by atomic mass is 10.3. The number of methoxy groups -OCH3 is 1. The number of carboxylic acid groups (broad SMARTS) is 1. The lowest BCUT2D eigenvalue weighted by molar-refractivity contribution is 0.0691. The molecule has 0 saturated heterocycles. The Morgan fingerprint density at radius 2 is 2.17 bits per heavy atom. The molecule has 0 aliphatic carbocycles.